The van der Waals surface area contributed by atoms with E-state index in [9.17, 15) is 18.0 Å². The minimum absolute atomic E-state index is 0.126. The van der Waals surface area contributed by atoms with E-state index < -0.39 is 22.1 Å². The number of carbonyl (C=O) groups excluding carboxylic acids is 1. The SMILES string of the molecule is CC(C)n1cc(S(=O)(=O)NCCOC(N)=O)cc1C(=O)O. The Labute approximate surface area is 121 Å². The molecule has 0 radical (unpaired) electrons. The molecule has 0 aliphatic carbocycles. The van der Waals surface area contributed by atoms with Crippen molar-refractivity contribution >= 4 is 22.1 Å². The van der Waals surface area contributed by atoms with Crippen molar-refractivity contribution in [2.45, 2.75) is 24.8 Å². The van der Waals surface area contributed by atoms with Gasteiger partial charge in [0.15, 0.2) is 0 Å². The molecular weight excluding hydrogens is 302 g/mol. The fourth-order valence-electron chi connectivity index (χ4n) is 1.61. The van der Waals surface area contributed by atoms with Crippen molar-refractivity contribution in [3.8, 4) is 0 Å². The predicted octanol–water partition coefficient (Wildman–Crippen LogP) is 0.141. The summed E-state index contributed by atoms with van der Waals surface area (Å²) in [5.41, 5.74) is 4.61. The normalized spacial score (nSPS) is 11.6. The quantitative estimate of drug-likeness (QED) is 0.610. The van der Waals surface area contributed by atoms with Crippen LogP contribution in [0.15, 0.2) is 17.2 Å². The number of hydrogen-bond acceptors (Lipinski definition) is 5. The zero-order chi connectivity index (χ0) is 16.2. The molecule has 118 valence electrons. The zero-order valence-corrected chi connectivity index (χ0v) is 12.4. The number of carboxylic acids is 1. The summed E-state index contributed by atoms with van der Waals surface area (Å²) in [6, 6.07) is 0.859. The van der Waals surface area contributed by atoms with Gasteiger partial charge in [-0.25, -0.2) is 22.7 Å². The molecule has 0 aliphatic rings. The molecule has 9 nitrogen and oxygen atoms in total. The van der Waals surface area contributed by atoms with Crippen LogP contribution in [-0.2, 0) is 14.8 Å². The molecule has 0 aliphatic heterocycles. The number of nitrogens with two attached hydrogens (primary N) is 1. The summed E-state index contributed by atoms with van der Waals surface area (Å²) in [4.78, 5) is 21.3. The molecule has 1 rings (SSSR count). The Morgan fingerprint density at radius 2 is 2.10 bits per heavy atom. The third kappa shape index (κ3) is 4.46. The molecule has 0 unspecified atom stereocenters. The predicted molar refractivity (Wildman–Crippen MR) is 72.5 cm³/mol. The molecule has 1 amide bonds. The number of rotatable bonds is 7. The maximum absolute atomic E-state index is 12.0. The molecule has 10 heteroatoms. The molecule has 0 fully saturated rings. The van der Waals surface area contributed by atoms with E-state index in [0.717, 1.165) is 6.07 Å². The Morgan fingerprint density at radius 3 is 2.52 bits per heavy atom. The smallest absolute Gasteiger partial charge is 0.404 e. The van der Waals surface area contributed by atoms with Crippen LogP contribution in [0.5, 0.6) is 0 Å². The summed E-state index contributed by atoms with van der Waals surface area (Å²) >= 11 is 0. The highest BCUT2D eigenvalue weighted by Crippen LogP contribution is 2.18. The second-order valence-corrected chi connectivity index (χ2v) is 6.20. The number of aromatic carboxylic acids is 1. The topological polar surface area (TPSA) is 141 Å². The highest BCUT2D eigenvalue weighted by molar-refractivity contribution is 7.89. The van der Waals surface area contributed by atoms with E-state index in [1.165, 1.54) is 10.8 Å². The number of ether oxygens (including phenoxy) is 1. The van der Waals surface area contributed by atoms with Crippen molar-refractivity contribution in [3.05, 3.63) is 18.0 Å². The van der Waals surface area contributed by atoms with Gasteiger partial charge in [0.1, 0.15) is 17.2 Å². The van der Waals surface area contributed by atoms with Crippen LogP contribution in [0.2, 0.25) is 0 Å². The van der Waals surface area contributed by atoms with E-state index in [1.807, 2.05) is 0 Å². The average Bonchev–Trinajstić information content (AvgIpc) is 2.80. The number of nitrogens with zero attached hydrogens (tertiary/aromatic N) is 1. The fraction of sp³-hybridized carbons (Fsp3) is 0.455. The number of carbonyl (C=O) groups is 2. The molecule has 0 aromatic carbocycles. The number of nitrogens with one attached hydrogen (secondary N) is 1. The Balaban J connectivity index is 2.91. The molecule has 0 saturated carbocycles. The molecule has 4 N–H and O–H groups in total. The first kappa shape index (κ1) is 17.0. The van der Waals surface area contributed by atoms with Crippen molar-refractivity contribution in [2.24, 2.45) is 5.73 Å². The summed E-state index contributed by atoms with van der Waals surface area (Å²) in [6.45, 7) is 3.08. The van der Waals surface area contributed by atoms with E-state index >= 15 is 0 Å². The Bertz CT molecular complexity index is 634. The first-order valence-electron chi connectivity index (χ1n) is 6.02. The van der Waals surface area contributed by atoms with Gasteiger partial charge in [-0.15, -0.1) is 0 Å². The first-order chi connectivity index (χ1) is 9.65. The maximum Gasteiger partial charge on any atom is 0.404 e. The second-order valence-electron chi connectivity index (χ2n) is 4.43. The molecule has 0 atom stereocenters. The van der Waals surface area contributed by atoms with Crippen molar-refractivity contribution in [3.63, 3.8) is 0 Å². The van der Waals surface area contributed by atoms with Gasteiger partial charge in [-0.1, -0.05) is 0 Å². The lowest BCUT2D eigenvalue weighted by molar-refractivity contribution is 0.0683. The van der Waals surface area contributed by atoms with Gasteiger partial charge in [0.25, 0.3) is 0 Å². The largest absolute Gasteiger partial charge is 0.477 e. The minimum atomic E-state index is -3.89. The van der Waals surface area contributed by atoms with Gasteiger partial charge in [0.05, 0.1) is 0 Å². The van der Waals surface area contributed by atoms with Gasteiger partial charge in [-0.05, 0) is 19.9 Å². The highest BCUT2D eigenvalue weighted by Gasteiger charge is 2.22. The van der Waals surface area contributed by atoms with Gasteiger partial charge in [0, 0.05) is 18.8 Å². The van der Waals surface area contributed by atoms with Crippen LogP contribution in [0.4, 0.5) is 4.79 Å². The lowest BCUT2D eigenvalue weighted by Gasteiger charge is -2.09. The monoisotopic (exact) mass is 319 g/mol. The standard InChI is InChI=1S/C11H17N3O6S/c1-7(2)14-6-8(5-9(14)10(15)16)21(18,19)13-3-4-20-11(12)17/h5-7,13H,3-4H2,1-2H3,(H2,12,17)(H,15,16). The summed E-state index contributed by atoms with van der Waals surface area (Å²) in [7, 11) is -3.89. The number of aromatic nitrogens is 1. The lowest BCUT2D eigenvalue weighted by Crippen LogP contribution is -2.29. The van der Waals surface area contributed by atoms with Crippen LogP contribution in [0.3, 0.4) is 0 Å². The molecular formula is C11H17N3O6S. The molecule has 1 heterocycles. The van der Waals surface area contributed by atoms with Crippen LogP contribution in [0.1, 0.15) is 30.4 Å². The van der Waals surface area contributed by atoms with Gasteiger partial charge in [-0.2, -0.15) is 0 Å². The van der Waals surface area contributed by atoms with E-state index in [4.69, 9.17) is 10.8 Å². The van der Waals surface area contributed by atoms with E-state index in [0.29, 0.717) is 0 Å². The molecule has 1 aromatic rings. The summed E-state index contributed by atoms with van der Waals surface area (Å²) in [5, 5.41) is 9.06. The van der Waals surface area contributed by atoms with Crippen LogP contribution in [-0.4, -0.2) is 43.3 Å². The Morgan fingerprint density at radius 1 is 1.48 bits per heavy atom. The van der Waals surface area contributed by atoms with Crippen molar-refractivity contribution in [1.82, 2.24) is 9.29 Å². The van der Waals surface area contributed by atoms with Crippen LogP contribution in [0.25, 0.3) is 0 Å². The average molecular weight is 319 g/mol. The summed E-state index contributed by atoms with van der Waals surface area (Å²) in [6.07, 6.45) is 0.235. The Kier molecular flexibility index (Phi) is 5.33. The van der Waals surface area contributed by atoms with E-state index in [1.54, 1.807) is 13.8 Å². The van der Waals surface area contributed by atoms with Crippen LogP contribution in [0, 0.1) is 0 Å². The van der Waals surface area contributed by atoms with Gasteiger partial charge >= 0.3 is 12.1 Å². The number of hydrogen-bond donors (Lipinski definition) is 3. The first-order valence-corrected chi connectivity index (χ1v) is 7.50. The summed E-state index contributed by atoms with van der Waals surface area (Å²) < 4.78 is 31.9. The molecule has 21 heavy (non-hydrogen) atoms. The number of primary amides is 1. The number of sulfonamides is 1. The van der Waals surface area contributed by atoms with E-state index in [2.05, 4.69) is 9.46 Å². The zero-order valence-electron chi connectivity index (χ0n) is 11.6. The Hall–Kier alpha value is -2.07. The van der Waals surface area contributed by atoms with Crippen molar-refractivity contribution < 1.29 is 27.9 Å². The maximum atomic E-state index is 12.0. The minimum Gasteiger partial charge on any atom is -0.477 e. The highest BCUT2D eigenvalue weighted by atomic mass is 32.2. The van der Waals surface area contributed by atoms with Crippen molar-refractivity contribution in [2.75, 3.05) is 13.2 Å². The fourth-order valence-corrected chi connectivity index (χ4v) is 2.65. The van der Waals surface area contributed by atoms with Crippen molar-refractivity contribution in [1.29, 1.82) is 0 Å². The summed E-state index contributed by atoms with van der Waals surface area (Å²) in [5.74, 6) is -1.22. The molecule has 0 bridgehead atoms. The second kappa shape index (κ2) is 6.59. The van der Waals surface area contributed by atoms with Crippen LogP contribution < -0.4 is 10.5 Å². The van der Waals surface area contributed by atoms with Gasteiger partial charge in [-0.3, -0.25) is 0 Å². The van der Waals surface area contributed by atoms with Gasteiger partial charge < -0.3 is 20.1 Å². The molecule has 1 aromatic heterocycles. The van der Waals surface area contributed by atoms with Gasteiger partial charge in [0.2, 0.25) is 10.0 Å². The van der Waals surface area contributed by atoms with Crippen LogP contribution >= 0.6 is 0 Å². The van der Waals surface area contributed by atoms with E-state index in [-0.39, 0.29) is 29.8 Å². The number of carboxylic acid groups (broad SMARTS) is 1. The number of amides is 1. The molecule has 0 spiro atoms. The molecule has 0 saturated heterocycles. The third-order valence-corrected chi connectivity index (χ3v) is 3.98. The lowest BCUT2D eigenvalue weighted by atomic mass is 10.3. The third-order valence-electron chi connectivity index (χ3n) is 2.55.